The van der Waals surface area contributed by atoms with E-state index in [1.54, 1.807) is 6.92 Å². The van der Waals surface area contributed by atoms with E-state index in [4.69, 9.17) is 5.73 Å². The van der Waals surface area contributed by atoms with E-state index in [1.807, 2.05) is 0 Å². The molecule has 1 aliphatic carbocycles. The fourth-order valence-corrected chi connectivity index (χ4v) is 3.57. The van der Waals surface area contributed by atoms with E-state index in [0.29, 0.717) is 18.2 Å². The van der Waals surface area contributed by atoms with E-state index in [0.717, 1.165) is 0 Å². The van der Waals surface area contributed by atoms with Crippen molar-refractivity contribution >= 4 is 9.84 Å². The van der Waals surface area contributed by atoms with Crippen molar-refractivity contribution in [1.29, 1.82) is 0 Å². The monoisotopic (exact) mass is 219 g/mol. The summed E-state index contributed by atoms with van der Waals surface area (Å²) in [6.45, 7) is 2.22. The van der Waals surface area contributed by atoms with Crippen molar-refractivity contribution in [2.45, 2.75) is 32.6 Å². The molecular formula is C10H21NO2S. The van der Waals surface area contributed by atoms with Gasteiger partial charge < -0.3 is 5.73 Å². The highest BCUT2D eigenvalue weighted by Crippen LogP contribution is 2.31. The first kappa shape index (κ1) is 12.0. The molecule has 2 N–H and O–H groups in total. The molecule has 84 valence electrons. The van der Waals surface area contributed by atoms with Gasteiger partial charge in [0.25, 0.3) is 0 Å². The zero-order chi connectivity index (χ0) is 10.6. The summed E-state index contributed by atoms with van der Waals surface area (Å²) < 4.78 is 22.9. The first-order chi connectivity index (χ1) is 6.59. The van der Waals surface area contributed by atoms with Crippen LogP contribution < -0.4 is 5.73 Å². The third kappa shape index (κ3) is 3.24. The minimum atomic E-state index is -2.85. The predicted molar refractivity (Wildman–Crippen MR) is 58.8 cm³/mol. The quantitative estimate of drug-likeness (QED) is 0.755. The minimum Gasteiger partial charge on any atom is -0.330 e. The van der Waals surface area contributed by atoms with Gasteiger partial charge in [-0.05, 0) is 18.4 Å². The van der Waals surface area contributed by atoms with Gasteiger partial charge in [-0.2, -0.15) is 0 Å². The molecule has 0 amide bonds. The Morgan fingerprint density at radius 3 is 2.36 bits per heavy atom. The largest absolute Gasteiger partial charge is 0.330 e. The van der Waals surface area contributed by atoms with Crippen LogP contribution in [-0.2, 0) is 9.84 Å². The zero-order valence-corrected chi connectivity index (χ0v) is 9.72. The molecule has 3 nitrogen and oxygen atoms in total. The summed E-state index contributed by atoms with van der Waals surface area (Å²) in [5.74, 6) is 1.30. The van der Waals surface area contributed by atoms with Gasteiger partial charge in [-0.25, -0.2) is 8.42 Å². The molecule has 0 aromatic carbocycles. The lowest BCUT2D eigenvalue weighted by Gasteiger charge is -2.21. The molecule has 0 aliphatic heterocycles. The summed E-state index contributed by atoms with van der Waals surface area (Å²) in [5.41, 5.74) is 5.65. The van der Waals surface area contributed by atoms with Crippen LogP contribution in [0.15, 0.2) is 0 Å². The Balaban J connectivity index is 2.54. The topological polar surface area (TPSA) is 60.2 Å². The number of sulfone groups is 1. The Morgan fingerprint density at radius 2 is 1.93 bits per heavy atom. The lowest BCUT2D eigenvalue weighted by molar-refractivity contribution is 0.375. The van der Waals surface area contributed by atoms with E-state index in [1.165, 1.54) is 25.7 Å². The van der Waals surface area contributed by atoms with E-state index in [2.05, 4.69) is 0 Å². The number of hydrogen-bond donors (Lipinski definition) is 1. The zero-order valence-electron chi connectivity index (χ0n) is 8.91. The van der Waals surface area contributed by atoms with E-state index >= 15 is 0 Å². The molecule has 1 rings (SSSR count). The van der Waals surface area contributed by atoms with Gasteiger partial charge >= 0.3 is 0 Å². The van der Waals surface area contributed by atoms with Crippen LogP contribution in [0.2, 0.25) is 0 Å². The molecule has 0 aromatic rings. The Hall–Kier alpha value is -0.0900. The molecule has 0 spiro atoms. The molecule has 1 saturated carbocycles. The van der Waals surface area contributed by atoms with Crippen molar-refractivity contribution in [2.75, 3.05) is 18.1 Å². The molecular weight excluding hydrogens is 198 g/mol. The van der Waals surface area contributed by atoms with Gasteiger partial charge in [-0.15, -0.1) is 0 Å². The molecule has 0 aromatic heterocycles. The van der Waals surface area contributed by atoms with Gasteiger partial charge in [0.05, 0.1) is 5.75 Å². The minimum absolute atomic E-state index is 0.197. The maximum absolute atomic E-state index is 11.5. The van der Waals surface area contributed by atoms with Gasteiger partial charge in [-0.1, -0.05) is 32.6 Å². The highest BCUT2D eigenvalue weighted by Gasteiger charge is 2.27. The molecule has 1 fully saturated rings. The second-order valence-electron chi connectivity index (χ2n) is 4.24. The number of nitrogens with two attached hydrogens (primary N) is 1. The van der Waals surface area contributed by atoms with Crippen molar-refractivity contribution in [1.82, 2.24) is 0 Å². The van der Waals surface area contributed by atoms with E-state index in [-0.39, 0.29) is 11.7 Å². The molecule has 14 heavy (non-hydrogen) atoms. The molecule has 0 radical (unpaired) electrons. The lowest BCUT2D eigenvalue weighted by Crippen LogP contribution is -2.29. The Kier molecular flexibility index (Phi) is 4.38. The van der Waals surface area contributed by atoms with Crippen molar-refractivity contribution < 1.29 is 8.42 Å². The second kappa shape index (κ2) is 5.12. The smallest absolute Gasteiger partial charge is 0.150 e. The van der Waals surface area contributed by atoms with Gasteiger partial charge in [-0.3, -0.25) is 0 Å². The van der Waals surface area contributed by atoms with Crippen LogP contribution in [0.3, 0.4) is 0 Å². The van der Waals surface area contributed by atoms with Crippen LogP contribution in [0.5, 0.6) is 0 Å². The molecule has 4 heteroatoms. The first-order valence-electron chi connectivity index (χ1n) is 5.49. The summed E-state index contributed by atoms with van der Waals surface area (Å²) in [5, 5.41) is 0. The summed E-state index contributed by atoms with van der Waals surface area (Å²) in [4.78, 5) is 0. The second-order valence-corrected chi connectivity index (χ2v) is 6.64. The standard InChI is InChI=1S/C10H21NO2S/c1-2-14(12,13)8-10(7-11)9-5-3-4-6-9/h9-10H,2-8,11H2,1H3/t10-/m1/s1. The van der Waals surface area contributed by atoms with Crippen LogP contribution in [0.25, 0.3) is 0 Å². The molecule has 0 unspecified atom stereocenters. The lowest BCUT2D eigenvalue weighted by atomic mass is 9.93. The number of hydrogen-bond acceptors (Lipinski definition) is 3. The van der Waals surface area contributed by atoms with Crippen LogP contribution in [0, 0.1) is 11.8 Å². The van der Waals surface area contributed by atoms with E-state index < -0.39 is 9.84 Å². The molecule has 0 bridgehead atoms. The highest BCUT2D eigenvalue weighted by molar-refractivity contribution is 7.91. The Bertz CT molecular complexity index is 255. The maximum atomic E-state index is 11.5. The molecule has 0 heterocycles. The van der Waals surface area contributed by atoms with Crippen molar-refractivity contribution in [3.05, 3.63) is 0 Å². The highest BCUT2D eigenvalue weighted by atomic mass is 32.2. The Morgan fingerprint density at radius 1 is 1.36 bits per heavy atom. The Labute approximate surface area is 87.0 Å². The van der Waals surface area contributed by atoms with Crippen molar-refractivity contribution in [3.63, 3.8) is 0 Å². The average Bonchev–Trinajstić information content (AvgIpc) is 2.67. The predicted octanol–water partition coefficient (Wildman–Crippen LogP) is 1.19. The van der Waals surface area contributed by atoms with Gasteiger partial charge in [0.15, 0.2) is 0 Å². The van der Waals surface area contributed by atoms with Crippen molar-refractivity contribution in [3.8, 4) is 0 Å². The van der Waals surface area contributed by atoms with Crippen LogP contribution in [0.1, 0.15) is 32.6 Å². The van der Waals surface area contributed by atoms with Crippen LogP contribution in [0.4, 0.5) is 0 Å². The molecule has 1 atom stereocenters. The van der Waals surface area contributed by atoms with Crippen molar-refractivity contribution in [2.24, 2.45) is 17.6 Å². The first-order valence-corrected chi connectivity index (χ1v) is 7.31. The van der Waals surface area contributed by atoms with Crippen LogP contribution >= 0.6 is 0 Å². The van der Waals surface area contributed by atoms with Gasteiger partial charge in [0.1, 0.15) is 9.84 Å². The molecule has 1 aliphatic rings. The summed E-state index contributed by atoms with van der Waals surface area (Å²) >= 11 is 0. The number of rotatable bonds is 5. The third-order valence-corrected chi connectivity index (χ3v) is 5.09. The van der Waals surface area contributed by atoms with Gasteiger partial charge in [0.2, 0.25) is 0 Å². The summed E-state index contributed by atoms with van der Waals surface area (Å²) in [6, 6.07) is 0. The van der Waals surface area contributed by atoms with Crippen LogP contribution in [-0.4, -0.2) is 26.5 Å². The summed E-state index contributed by atoms with van der Waals surface area (Å²) in [6.07, 6.45) is 4.82. The average molecular weight is 219 g/mol. The fraction of sp³-hybridized carbons (Fsp3) is 1.00. The maximum Gasteiger partial charge on any atom is 0.150 e. The molecule has 0 saturated heterocycles. The third-order valence-electron chi connectivity index (χ3n) is 3.28. The van der Waals surface area contributed by atoms with E-state index in [9.17, 15) is 8.42 Å². The SMILES string of the molecule is CCS(=O)(=O)C[C@@H](CN)C1CCCC1. The summed E-state index contributed by atoms with van der Waals surface area (Å²) in [7, 11) is -2.85. The normalized spacial score (nSPS) is 21.3. The fourth-order valence-electron chi connectivity index (χ4n) is 2.27. The van der Waals surface area contributed by atoms with Gasteiger partial charge in [0, 0.05) is 5.75 Å².